The second-order valence-electron chi connectivity index (χ2n) is 3.46. The predicted molar refractivity (Wildman–Crippen MR) is 51.1 cm³/mol. The first-order chi connectivity index (χ1) is 5.70. The quantitative estimate of drug-likeness (QED) is 0.620. The lowest BCUT2D eigenvalue weighted by Gasteiger charge is -2.12. The van der Waals surface area contributed by atoms with E-state index in [2.05, 4.69) is 13.8 Å². The maximum atomic E-state index is 9.36. The summed E-state index contributed by atoms with van der Waals surface area (Å²) in [5, 5.41) is 18.7. The molecule has 0 saturated heterocycles. The summed E-state index contributed by atoms with van der Waals surface area (Å²) in [6.45, 7) is 4.12. The highest BCUT2D eigenvalue weighted by atomic mass is 16.3. The topological polar surface area (TPSA) is 40.5 Å². The average molecular weight is 174 g/mol. The van der Waals surface area contributed by atoms with Crippen molar-refractivity contribution in [1.82, 2.24) is 0 Å². The number of aliphatic hydroxyl groups is 2. The second kappa shape index (κ2) is 7.56. The number of hydrogen-bond donors (Lipinski definition) is 2. The fraction of sp³-hybridized carbons (Fsp3) is 1.00. The fourth-order valence-electron chi connectivity index (χ4n) is 1.34. The smallest absolute Gasteiger partial charge is 0.0541 e. The molecule has 0 aliphatic carbocycles. The van der Waals surface area contributed by atoms with Crippen LogP contribution in [0.4, 0.5) is 0 Å². The molecule has 74 valence electrons. The zero-order valence-corrected chi connectivity index (χ0v) is 8.29. The van der Waals surface area contributed by atoms with E-state index >= 15 is 0 Å². The summed E-state index contributed by atoms with van der Waals surface area (Å²) in [6, 6.07) is 0. The lowest BCUT2D eigenvalue weighted by molar-refractivity contribution is 0.103. The van der Waals surface area contributed by atoms with Gasteiger partial charge in [-0.25, -0.2) is 0 Å². The molecule has 0 aromatic rings. The van der Waals surface area contributed by atoms with Crippen molar-refractivity contribution in [2.45, 2.75) is 64.6 Å². The van der Waals surface area contributed by atoms with Gasteiger partial charge in [-0.15, -0.1) is 0 Å². The molecule has 0 aliphatic rings. The van der Waals surface area contributed by atoms with E-state index < -0.39 is 0 Å². The molecule has 0 unspecified atom stereocenters. The van der Waals surface area contributed by atoms with Gasteiger partial charge >= 0.3 is 0 Å². The van der Waals surface area contributed by atoms with Gasteiger partial charge < -0.3 is 10.2 Å². The largest absolute Gasteiger partial charge is 0.393 e. The Balaban J connectivity index is 3.27. The minimum Gasteiger partial charge on any atom is -0.393 e. The van der Waals surface area contributed by atoms with Gasteiger partial charge in [0.15, 0.2) is 0 Å². The standard InChI is InChI=1S/C10H22O2/c1-3-5-9(11)7-8-10(12)6-4-2/h9-12H,3-8H2,1-2H3/t9-,10-/m0/s1. The number of aliphatic hydroxyl groups excluding tert-OH is 2. The molecular weight excluding hydrogens is 152 g/mol. The third-order valence-corrected chi connectivity index (χ3v) is 2.08. The maximum Gasteiger partial charge on any atom is 0.0541 e. The Hall–Kier alpha value is -0.0800. The monoisotopic (exact) mass is 174 g/mol. The molecular formula is C10H22O2. The van der Waals surface area contributed by atoms with Crippen molar-refractivity contribution in [2.24, 2.45) is 0 Å². The lowest BCUT2D eigenvalue weighted by Crippen LogP contribution is -2.12. The summed E-state index contributed by atoms with van der Waals surface area (Å²) in [5.41, 5.74) is 0. The van der Waals surface area contributed by atoms with E-state index in [1.54, 1.807) is 0 Å². The minimum absolute atomic E-state index is 0.207. The van der Waals surface area contributed by atoms with Crippen molar-refractivity contribution in [3.63, 3.8) is 0 Å². The van der Waals surface area contributed by atoms with Crippen LogP contribution in [0.2, 0.25) is 0 Å². The summed E-state index contributed by atoms with van der Waals surface area (Å²) in [6.07, 6.45) is 4.83. The molecule has 0 amide bonds. The average Bonchev–Trinajstić information content (AvgIpc) is 2.02. The van der Waals surface area contributed by atoms with Crippen LogP contribution in [0, 0.1) is 0 Å². The van der Waals surface area contributed by atoms with Crippen LogP contribution in [-0.2, 0) is 0 Å². The zero-order chi connectivity index (χ0) is 9.40. The molecule has 0 fully saturated rings. The predicted octanol–water partition coefficient (Wildman–Crippen LogP) is 2.09. The Labute approximate surface area is 75.6 Å². The van der Waals surface area contributed by atoms with Crippen LogP contribution in [0.1, 0.15) is 52.4 Å². The van der Waals surface area contributed by atoms with Crippen molar-refractivity contribution >= 4 is 0 Å². The first-order valence-electron chi connectivity index (χ1n) is 5.06. The molecule has 2 atom stereocenters. The molecule has 0 aliphatic heterocycles. The van der Waals surface area contributed by atoms with E-state index in [0.29, 0.717) is 0 Å². The first-order valence-corrected chi connectivity index (χ1v) is 5.06. The molecule has 0 spiro atoms. The van der Waals surface area contributed by atoms with Crippen LogP contribution < -0.4 is 0 Å². The molecule has 0 aromatic heterocycles. The van der Waals surface area contributed by atoms with E-state index in [0.717, 1.165) is 38.5 Å². The van der Waals surface area contributed by atoms with Gasteiger partial charge in [-0.1, -0.05) is 26.7 Å². The van der Waals surface area contributed by atoms with Crippen LogP contribution in [0.25, 0.3) is 0 Å². The maximum absolute atomic E-state index is 9.36. The first kappa shape index (κ1) is 11.9. The highest BCUT2D eigenvalue weighted by Crippen LogP contribution is 2.09. The highest BCUT2D eigenvalue weighted by molar-refractivity contribution is 4.60. The van der Waals surface area contributed by atoms with Crippen LogP contribution in [0.5, 0.6) is 0 Å². The molecule has 0 rings (SSSR count). The Kier molecular flexibility index (Phi) is 7.51. The van der Waals surface area contributed by atoms with Crippen molar-refractivity contribution in [1.29, 1.82) is 0 Å². The van der Waals surface area contributed by atoms with Crippen LogP contribution >= 0.6 is 0 Å². The molecule has 0 heterocycles. The molecule has 0 radical (unpaired) electrons. The molecule has 0 bridgehead atoms. The Morgan fingerprint density at radius 1 is 0.750 bits per heavy atom. The van der Waals surface area contributed by atoms with Crippen molar-refractivity contribution in [3.8, 4) is 0 Å². The van der Waals surface area contributed by atoms with Gasteiger partial charge in [-0.05, 0) is 25.7 Å². The summed E-state index contributed by atoms with van der Waals surface area (Å²) < 4.78 is 0. The Bertz CT molecular complexity index is 81.8. The van der Waals surface area contributed by atoms with Crippen LogP contribution in [0.15, 0.2) is 0 Å². The molecule has 2 nitrogen and oxygen atoms in total. The van der Waals surface area contributed by atoms with Gasteiger partial charge in [-0.3, -0.25) is 0 Å². The highest BCUT2D eigenvalue weighted by Gasteiger charge is 2.07. The van der Waals surface area contributed by atoms with Crippen molar-refractivity contribution in [3.05, 3.63) is 0 Å². The fourth-order valence-corrected chi connectivity index (χ4v) is 1.34. The van der Waals surface area contributed by atoms with Crippen LogP contribution in [0.3, 0.4) is 0 Å². The SMILES string of the molecule is CCC[C@H](O)CC[C@@H](O)CCC. The van der Waals surface area contributed by atoms with Crippen LogP contribution in [-0.4, -0.2) is 22.4 Å². The lowest BCUT2D eigenvalue weighted by atomic mass is 10.0. The summed E-state index contributed by atoms with van der Waals surface area (Å²) in [4.78, 5) is 0. The molecule has 0 saturated carbocycles. The van der Waals surface area contributed by atoms with Gasteiger partial charge in [-0.2, -0.15) is 0 Å². The van der Waals surface area contributed by atoms with Crippen molar-refractivity contribution < 1.29 is 10.2 Å². The number of rotatable bonds is 7. The van der Waals surface area contributed by atoms with Gasteiger partial charge in [0.1, 0.15) is 0 Å². The van der Waals surface area contributed by atoms with E-state index in [4.69, 9.17) is 0 Å². The van der Waals surface area contributed by atoms with Crippen molar-refractivity contribution in [2.75, 3.05) is 0 Å². The summed E-state index contributed by atoms with van der Waals surface area (Å²) >= 11 is 0. The van der Waals surface area contributed by atoms with E-state index in [-0.39, 0.29) is 12.2 Å². The Morgan fingerprint density at radius 2 is 1.08 bits per heavy atom. The summed E-state index contributed by atoms with van der Waals surface area (Å²) in [7, 11) is 0. The Morgan fingerprint density at radius 3 is 1.33 bits per heavy atom. The van der Waals surface area contributed by atoms with E-state index in [1.165, 1.54) is 0 Å². The van der Waals surface area contributed by atoms with E-state index in [1.807, 2.05) is 0 Å². The third-order valence-electron chi connectivity index (χ3n) is 2.08. The normalized spacial score (nSPS) is 16.0. The third kappa shape index (κ3) is 6.62. The molecule has 12 heavy (non-hydrogen) atoms. The minimum atomic E-state index is -0.207. The summed E-state index contributed by atoms with van der Waals surface area (Å²) in [5.74, 6) is 0. The van der Waals surface area contributed by atoms with Gasteiger partial charge in [0.2, 0.25) is 0 Å². The van der Waals surface area contributed by atoms with E-state index in [9.17, 15) is 10.2 Å². The second-order valence-corrected chi connectivity index (χ2v) is 3.46. The zero-order valence-electron chi connectivity index (χ0n) is 8.29. The molecule has 2 N–H and O–H groups in total. The van der Waals surface area contributed by atoms with Gasteiger partial charge in [0.05, 0.1) is 12.2 Å². The van der Waals surface area contributed by atoms with Gasteiger partial charge in [0, 0.05) is 0 Å². The number of hydrogen-bond acceptors (Lipinski definition) is 2. The van der Waals surface area contributed by atoms with Gasteiger partial charge in [0.25, 0.3) is 0 Å². The molecule has 2 heteroatoms. The molecule has 0 aromatic carbocycles.